The van der Waals surface area contributed by atoms with Gasteiger partial charge in [0.05, 0.1) is 12.1 Å². The minimum Gasteiger partial charge on any atom is -0.392 e. The highest BCUT2D eigenvalue weighted by Gasteiger charge is 2.16. The zero-order valence-corrected chi connectivity index (χ0v) is 14.6. The van der Waals surface area contributed by atoms with Gasteiger partial charge in [-0.05, 0) is 26.3 Å². The van der Waals surface area contributed by atoms with Gasteiger partial charge >= 0.3 is 0 Å². The predicted octanol–water partition coefficient (Wildman–Crippen LogP) is 2.21. The third kappa shape index (κ3) is 4.03. The van der Waals surface area contributed by atoms with Crippen LogP contribution in [0.25, 0.3) is 11.2 Å². The molecule has 0 saturated heterocycles. The Bertz CT molecular complexity index is 830. The summed E-state index contributed by atoms with van der Waals surface area (Å²) in [6, 6.07) is 10.2. The summed E-state index contributed by atoms with van der Waals surface area (Å²) < 4.78 is 1.76. The van der Waals surface area contributed by atoms with E-state index < -0.39 is 6.10 Å². The Balaban J connectivity index is 1.93. The van der Waals surface area contributed by atoms with Crippen LogP contribution < -0.4 is 10.6 Å². The van der Waals surface area contributed by atoms with Crippen LogP contribution in [0.1, 0.15) is 32.4 Å². The van der Waals surface area contributed by atoms with Gasteiger partial charge in [0.1, 0.15) is 0 Å². The minimum absolute atomic E-state index is 0.131. The van der Waals surface area contributed by atoms with Gasteiger partial charge in [-0.15, -0.1) is 5.10 Å². The van der Waals surface area contributed by atoms with Crippen molar-refractivity contribution in [2.45, 2.75) is 39.5 Å². The molecule has 0 amide bonds. The molecule has 2 aromatic heterocycles. The van der Waals surface area contributed by atoms with Crippen molar-refractivity contribution in [1.29, 1.82) is 0 Å². The van der Waals surface area contributed by atoms with E-state index in [4.69, 9.17) is 0 Å². The van der Waals surface area contributed by atoms with Gasteiger partial charge < -0.3 is 15.7 Å². The zero-order valence-electron chi connectivity index (χ0n) is 14.6. The van der Waals surface area contributed by atoms with Crippen molar-refractivity contribution in [1.82, 2.24) is 25.0 Å². The number of nitrogens with zero attached hydrogens (tertiary/aromatic N) is 5. The minimum atomic E-state index is -0.492. The first-order valence-electron chi connectivity index (χ1n) is 8.37. The molecule has 1 atom stereocenters. The van der Waals surface area contributed by atoms with E-state index in [0.717, 1.165) is 5.56 Å². The number of rotatable bonds is 7. The summed E-state index contributed by atoms with van der Waals surface area (Å²) in [6.07, 6.45) is -0.492. The van der Waals surface area contributed by atoms with Crippen LogP contribution >= 0.6 is 0 Å². The molecule has 8 nitrogen and oxygen atoms in total. The molecule has 3 aromatic rings. The van der Waals surface area contributed by atoms with Gasteiger partial charge in [0.25, 0.3) is 0 Å². The van der Waals surface area contributed by atoms with Crippen LogP contribution in [0.5, 0.6) is 0 Å². The van der Waals surface area contributed by atoms with Gasteiger partial charge in [0.2, 0.25) is 5.95 Å². The number of aromatic nitrogens is 5. The van der Waals surface area contributed by atoms with Crippen LogP contribution in [-0.2, 0) is 6.54 Å². The highest BCUT2D eigenvalue weighted by Crippen LogP contribution is 2.22. The van der Waals surface area contributed by atoms with Crippen molar-refractivity contribution >= 4 is 22.9 Å². The van der Waals surface area contributed by atoms with Gasteiger partial charge in [-0.1, -0.05) is 35.5 Å². The maximum Gasteiger partial charge on any atom is 0.226 e. The first kappa shape index (κ1) is 17.1. The van der Waals surface area contributed by atoms with E-state index in [9.17, 15) is 5.11 Å². The van der Waals surface area contributed by atoms with E-state index in [-0.39, 0.29) is 6.04 Å². The van der Waals surface area contributed by atoms with Crippen LogP contribution in [0.15, 0.2) is 30.3 Å². The molecule has 0 aliphatic rings. The van der Waals surface area contributed by atoms with Crippen molar-refractivity contribution in [3.8, 4) is 0 Å². The van der Waals surface area contributed by atoms with E-state index >= 15 is 0 Å². The summed E-state index contributed by atoms with van der Waals surface area (Å²) >= 11 is 0. The highest BCUT2D eigenvalue weighted by atomic mass is 16.3. The third-order valence-electron chi connectivity index (χ3n) is 3.67. The van der Waals surface area contributed by atoms with E-state index in [1.807, 2.05) is 44.2 Å². The van der Waals surface area contributed by atoms with Crippen molar-refractivity contribution in [3.63, 3.8) is 0 Å². The topological polar surface area (TPSA) is 101 Å². The lowest BCUT2D eigenvalue weighted by molar-refractivity contribution is 0.208. The van der Waals surface area contributed by atoms with E-state index in [1.165, 1.54) is 0 Å². The summed E-state index contributed by atoms with van der Waals surface area (Å²) in [5.74, 6) is 1.06. The lowest BCUT2D eigenvalue weighted by Gasteiger charge is -2.11. The largest absolute Gasteiger partial charge is 0.392 e. The van der Waals surface area contributed by atoms with Gasteiger partial charge in [-0.25, -0.2) is 4.68 Å². The number of anilines is 2. The summed E-state index contributed by atoms with van der Waals surface area (Å²) in [5, 5.41) is 24.3. The monoisotopic (exact) mass is 341 g/mol. The summed E-state index contributed by atoms with van der Waals surface area (Å²) in [4.78, 5) is 9.01. The zero-order chi connectivity index (χ0) is 17.8. The molecule has 0 aliphatic heterocycles. The Labute approximate surface area is 146 Å². The predicted molar refractivity (Wildman–Crippen MR) is 97.4 cm³/mol. The molecule has 8 heteroatoms. The van der Waals surface area contributed by atoms with Crippen LogP contribution in [0.4, 0.5) is 11.8 Å². The van der Waals surface area contributed by atoms with Crippen LogP contribution in [0, 0.1) is 0 Å². The lowest BCUT2D eigenvalue weighted by atomic mass is 10.2. The third-order valence-corrected chi connectivity index (χ3v) is 3.67. The molecule has 0 radical (unpaired) electrons. The average Bonchev–Trinajstić information content (AvgIpc) is 3.03. The second-order valence-electron chi connectivity index (χ2n) is 6.26. The SMILES string of the molecule is CC(O)CNc1nc(NCc2ccccc2)c2nnn(C(C)C)c2n1. The Morgan fingerprint density at radius 2 is 1.84 bits per heavy atom. The smallest absolute Gasteiger partial charge is 0.226 e. The number of fused-ring (bicyclic) bond motifs is 1. The van der Waals surface area contributed by atoms with Gasteiger partial charge in [0.15, 0.2) is 17.0 Å². The lowest BCUT2D eigenvalue weighted by Crippen LogP contribution is -2.18. The molecular formula is C17H23N7O. The van der Waals surface area contributed by atoms with Gasteiger partial charge in [-0.2, -0.15) is 9.97 Å². The number of hydrogen-bond donors (Lipinski definition) is 3. The fourth-order valence-corrected chi connectivity index (χ4v) is 2.40. The molecule has 25 heavy (non-hydrogen) atoms. The second kappa shape index (κ2) is 7.43. The van der Waals surface area contributed by atoms with Crippen molar-refractivity contribution in [2.75, 3.05) is 17.2 Å². The molecule has 1 unspecified atom stereocenters. The fraction of sp³-hybridized carbons (Fsp3) is 0.412. The van der Waals surface area contributed by atoms with Crippen molar-refractivity contribution < 1.29 is 5.11 Å². The Hall–Kier alpha value is -2.74. The molecule has 132 valence electrons. The normalized spacial score (nSPS) is 12.5. The number of nitrogens with one attached hydrogen (secondary N) is 2. The number of aliphatic hydroxyl groups excluding tert-OH is 1. The molecule has 0 saturated carbocycles. The summed E-state index contributed by atoms with van der Waals surface area (Å²) in [6.45, 7) is 6.75. The quantitative estimate of drug-likeness (QED) is 0.605. The van der Waals surface area contributed by atoms with Crippen LogP contribution in [0.2, 0.25) is 0 Å². The van der Waals surface area contributed by atoms with Gasteiger partial charge in [-0.3, -0.25) is 0 Å². The van der Waals surface area contributed by atoms with Crippen molar-refractivity contribution in [3.05, 3.63) is 35.9 Å². The summed E-state index contributed by atoms with van der Waals surface area (Å²) in [5.41, 5.74) is 2.44. The van der Waals surface area contributed by atoms with E-state index in [0.29, 0.717) is 36.0 Å². The number of benzene rings is 1. The first-order chi connectivity index (χ1) is 12.0. The fourth-order valence-electron chi connectivity index (χ4n) is 2.40. The Morgan fingerprint density at radius 1 is 1.08 bits per heavy atom. The molecule has 0 aliphatic carbocycles. The molecule has 2 heterocycles. The molecule has 3 rings (SSSR count). The van der Waals surface area contributed by atoms with E-state index in [2.05, 4.69) is 30.9 Å². The molecule has 1 aromatic carbocycles. The summed E-state index contributed by atoms with van der Waals surface area (Å²) in [7, 11) is 0. The average molecular weight is 341 g/mol. The Kier molecular flexibility index (Phi) is 5.08. The molecule has 0 fully saturated rings. The first-order valence-corrected chi connectivity index (χ1v) is 8.37. The van der Waals surface area contributed by atoms with Crippen LogP contribution in [0.3, 0.4) is 0 Å². The molecule has 0 spiro atoms. The standard InChI is InChI=1S/C17H23N7O/c1-11(2)24-16-14(22-23-24)15(18-10-13-7-5-4-6-8-13)20-17(21-16)19-9-12(3)25/h4-8,11-12,25H,9-10H2,1-3H3,(H2,18,19,20,21). The maximum atomic E-state index is 9.49. The number of aliphatic hydroxyl groups is 1. The van der Waals surface area contributed by atoms with Crippen molar-refractivity contribution in [2.24, 2.45) is 0 Å². The van der Waals surface area contributed by atoms with E-state index in [1.54, 1.807) is 11.6 Å². The molecule has 3 N–H and O–H groups in total. The highest BCUT2D eigenvalue weighted by molar-refractivity contribution is 5.83. The van der Waals surface area contributed by atoms with Crippen LogP contribution in [-0.4, -0.2) is 42.7 Å². The maximum absolute atomic E-state index is 9.49. The number of hydrogen-bond acceptors (Lipinski definition) is 7. The Morgan fingerprint density at radius 3 is 2.52 bits per heavy atom. The molecule has 0 bridgehead atoms. The van der Waals surface area contributed by atoms with Gasteiger partial charge in [0, 0.05) is 13.1 Å². The second-order valence-corrected chi connectivity index (χ2v) is 6.26. The molecular weight excluding hydrogens is 318 g/mol.